The molecule has 0 fully saturated rings. The van der Waals surface area contributed by atoms with Crippen LogP contribution in [0.5, 0.6) is 11.5 Å². The average Bonchev–Trinajstić information content (AvgIpc) is 3.91. The monoisotopic (exact) mass is 682 g/mol. The molecule has 4 heterocycles. The molecule has 0 spiro atoms. The topological polar surface area (TPSA) is 151 Å². The molecule has 7 rings (SSSR count). The summed E-state index contributed by atoms with van der Waals surface area (Å²) in [5, 5.41) is 31.5. The number of benzene rings is 3. The van der Waals surface area contributed by atoms with E-state index in [-0.39, 0.29) is 40.8 Å². The maximum Gasteiger partial charge on any atom is 0.305 e. The third-order valence-corrected chi connectivity index (χ3v) is 9.57. The van der Waals surface area contributed by atoms with Crippen molar-refractivity contribution in [3.05, 3.63) is 113 Å². The molecule has 6 aromatic rings. The number of nitrogens with zero attached hydrogens (tertiary/aromatic N) is 4. The van der Waals surface area contributed by atoms with Crippen molar-refractivity contribution in [1.29, 1.82) is 0 Å². The molecule has 1 aliphatic rings. The molecule has 11 nitrogen and oxygen atoms in total. The van der Waals surface area contributed by atoms with Crippen molar-refractivity contribution in [2.24, 2.45) is 0 Å². The molecule has 3 aromatic carbocycles. The van der Waals surface area contributed by atoms with Gasteiger partial charge in [0.05, 0.1) is 36.2 Å². The molecular formula is C37H36F2N6O5. The van der Waals surface area contributed by atoms with E-state index in [2.05, 4.69) is 25.3 Å². The SMILES string of the molecule is COC(=O)CCc1cccc(C2(C)CCC(O)CCc3cn(nn3)C(O)c3c(c(F)cc4[nH]ccc34)Oc3ccc(F)c(c3)-c3ncc2[nH]3)c1. The van der Waals surface area contributed by atoms with Crippen LogP contribution in [-0.2, 0) is 27.8 Å². The molecule has 1 aliphatic heterocycles. The number of H-pyrrole nitrogens is 2. The van der Waals surface area contributed by atoms with E-state index in [1.54, 1.807) is 24.7 Å². The highest BCUT2D eigenvalue weighted by molar-refractivity contribution is 5.86. The van der Waals surface area contributed by atoms with E-state index in [4.69, 9.17) is 9.47 Å². The molecule has 6 bridgehead atoms. The maximum atomic E-state index is 15.7. The smallest absolute Gasteiger partial charge is 0.305 e. The van der Waals surface area contributed by atoms with Crippen molar-refractivity contribution in [2.75, 3.05) is 7.11 Å². The number of aromatic nitrogens is 6. The summed E-state index contributed by atoms with van der Waals surface area (Å²) in [5.74, 6) is -1.55. The Bertz CT molecular complexity index is 2180. The summed E-state index contributed by atoms with van der Waals surface area (Å²) in [5.41, 5.74) is 3.00. The summed E-state index contributed by atoms with van der Waals surface area (Å²) in [6.45, 7) is 2.03. The number of aryl methyl sites for hydroxylation is 2. The van der Waals surface area contributed by atoms with E-state index in [9.17, 15) is 15.0 Å². The van der Waals surface area contributed by atoms with Crippen LogP contribution in [0, 0.1) is 11.6 Å². The minimum absolute atomic E-state index is 0.0898. The molecule has 0 saturated carbocycles. The zero-order chi connectivity index (χ0) is 35.0. The number of halogens is 2. The fourth-order valence-corrected chi connectivity index (χ4v) is 6.59. The number of hydrogen-bond donors (Lipinski definition) is 4. The second kappa shape index (κ2) is 13.5. The molecule has 50 heavy (non-hydrogen) atoms. The van der Waals surface area contributed by atoms with Gasteiger partial charge in [-0.1, -0.05) is 29.5 Å². The van der Waals surface area contributed by atoms with Gasteiger partial charge in [-0.15, -0.1) is 5.10 Å². The van der Waals surface area contributed by atoms with Crippen molar-refractivity contribution in [2.45, 2.75) is 63.2 Å². The Morgan fingerprint density at radius 3 is 2.82 bits per heavy atom. The number of fused-ring (bicyclic) bond motifs is 10. The van der Waals surface area contributed by atoms with E-state index >= 15 is 8.78 Å². The molecule has 0 aliphatic carbocycles. The molecule has 0 radical (unpaired) electrons. The zero-order valence-corrected chi connectivity index (χ0v) is 27.5. The minimum Gasteiger partial charge on any atom is -0.469 e. The molecular weight excluding hydrogens is 646 g/mol. The number of ether oxygens (including phenoxy) is 2. The van der Waals surface area contributed by atoms with Crippen LogP contribution in [0.1, 0.15) is 66.9 Å². The first kappa shape index (κ1) is 33.1. The van der Waals surface area contributed by atoms with Gasteiger partial charge in [0.2, 0.25) is 0 Å². The number of hydrogen-bond acceptors (Lipinski definition) is 8. The summed E-state index contributed by atoms with van der Waals surface area (Å²) in [7, 11) is 1.36. The third-order valence-electron chi connectivity index (χ3n) is 9.57. The average molecular weight is 683 g/mol. The van der Waals surface area contributed by atoms with E-state index in [0.29, 0.717) is 54.4 Å². The van der Waals surface area contributed by atoms with Crippen LogP contribution in [0.4, 0.5) is 8.78 Å². The van der Waals surface area contributed by atoms with Gasteiger partial charge in [-0.2, -0.15) is 0 Å². The second-order valence-electron chi connectivity index (χ2n) is 12.8. The predicted octanol–water partition coefficient (Wildman–Crippen LogP) is 6.26. The van der Waals surface area contributed by atoms with E-state index in [1.165, 1.54) is 36.1 Å². The second-order valence-corrected chi connectivity index (χ2v) is 12.8. The maximum absolute atomic E-state index is 15.7. The largest absolute Gasteiger partial charge is 0.469 e. The van der Waals surface area contributed by atoms with Crippen LogP contribution in [0.3, 0.4) is 0 Å². The van der Waals surface area contributed by atoms with Crippen LogP contribution in [-0.4, -0.2) is 59.3 Å². The number of nitrogens with one attached hydrogen (secondary N) is 2. The number of carbonyl (C=O) groups excluding carboxylic acids is 1. The van der Waals surface area contributed by atoms with Crippen LogP contribution < -0.4 is 4.74 Å². The third kappa shape index (κ3) is 6.37. The quantitative estimate of drug-likeness (QED) is 0.159. The summed E-state index contributed by atoms with van der Waals surface area (Å²) in [6, 6.07) is 14.8. The highest BCUT2D eigenvalue weighted by Crippen LogP contribution is 2.41. The molecule has 0 saturated heterocycles. The van der Waals surface area contributed by atoms with Gasteiger partial charge in [0.15, 0.2) is 17.8 Å². The summed E-state index contributed by atoms with van der Waals surface area (Å²) in [6.07, 6.45) is 5.00. The first-order valence-corrected chi connectivity index (χ1v) is 16.4. The minimum atomic E-state index is -1.48. The predicted molar refractivity (Wildman–Crippen MR) is 179 cm³/mol. The molecule has 3 atom stereocenters. The van der Waals surface area contributed by atoms with Gasteiger partial charge in [-0.3, -0.25) is 4.79 Å². The number of methoxy groups -OCH3 is 1. The van der Waals surface area contributed by atoms with E-state index in [1.807, 2.05) is 31.2 Å². The number of aliphatic hydroxyl groups excluding tert-OH is 2. The number of aromatic amines is 2. The number of carbonyl (C=O) groups is 1. The Labute approximate surface area is 285 Å². The van der Waals surface area contributed by atoms with Crippen molar-refractivity contribution >= 4 is 16.9 Å². The molecule has 0 amide bonds. The summed E-state index contributed by atoms with van der Waals surface area (Å²) < 4.78 is 43.3. The van der Waals surface area contributed by atoms with Crippen LogP contribution in [0.15, 0.2) is 73.2 Å². The zero-order valence-electron chi connectivity index (χ0n) is 27.5. The highest BCUT2D eigenvalue weighted by atomic mass is 19.1. The molecule has 13 heteroatoms. The Kier molecular flexibility index (Phi) is 8.93. The molecule has 258 valence electrons. The van der Waals surface area contributed by atoms with Crippen LogP contribution in [0.25, 0.3) is 22.3 Å². The van der Waals surface area contributed by atoms with Crippen molar-refractivity contribution < 1.29 is 33.3 Å². The van der Waals surface area contributed by atoms with Gasteiger partial charge in [-0.25, -0.2) is 18.4 Å². The number of rotatable bonds is 4. The van der Waals surface area contributed by atoms with Gasteiger partial charge in [0.25, 0.3) is 0 Å². The highest BCUT2D eigenvalue weighted by Gasteiger charge is 2.33. The van der Waals surface area contributed by atoms with Crippen molar-refractivity contribution in [1.82, 2.24) is 29.9 Å². The lowest BCUT2D eigenvalue weighted by atomic mass is 9.74. The van der Waals surface area contributed by atoms with Gasteiger partial charge in [-0.05, 0) is 74.4 Å². The van der Waals surface area contributed by atoms with Gasteiger partial charge >= 0.3 is 5.97 Å². The first-order valence-electron chi connectivity index (χ1n) is 16.4. The van der Waals surface area contributed by atoms with Gasteiger partial charge < -0.3 is 29.7 Å². The Morgan fingerprint density at radius 1 is 1.12 bits per heavy atom. The molecule has 3 unspecified atom stereocenters. The Hall–Kier alpha value is -5.40. The number of esters is 1. The summed E-state index contributed by atoms with van der Waals surface area (Å²) in [4.78, 5) is 22.7. The number of aliphatic hydroxyl groups is 2. The fraction of sp³-hybridized carbons (Fsp3) is 0.297. The Morgan fingerprint density at radius 2 is 1.98 bits per heavy atom. The standard InChI is InChI=1S/C37H36F2N6O5/c1-37(22-5-3-4-21(16-22)6-11-32(47)49-2)14-12-24(46)8-7-23-20-45(44-43-23)36(48)33-26-13-15-40-30(26)18-29(39)34(33)50-25-9-10-28(38)27(17-25)35-41-19-31(37)42-35/h3-5,9-10,13,15-20,24,36,40,46,48H,6-8,11-12,14H2,1-2H3,(H,41,42). The van der Waals surface area contributed by atoms with Gasteiger partial charge in [0.1, 0.15) is 17.4 Å². The van der Waals surface area contributed by atoms with Crippen molar-refractivity contribution in [3.63, 3.8) is 0 Å². The van der Waals surface area contributed by atoms with Crippen molar-refractivity contribution in [3.8, 4) is 22.9 Å². The fourth-order valence-electron chi connectivity index (χ4n) is 6.59. The summed E-state index contributed by atoms with van der Waals surface area (Å²) >= 11 is 0. The lowest BCUT2D eigenvalue weighted by Gasteiger charge is -2.31. The first-order chi connectivity index (χ1) is 24.1. The number of imidazole rings is 1. The molecule has 3 aromatic heterocycles. The lowest BCUT2D eigenvalue weighted by Crippen LogP contribution is -2.26. The van der Waals surface area contributed by atoms with Crippen LogP contribution in [0.2, 0.25) is 0 Å². The van der Waals surface area contributed by atoms with Gasteiger partial charge in [0, 0.05) is 46.9 Å². The van der Waals surface area contributed by atoms with E-state index in [0.717, 1.165) is 11.1 Å². The normalized spacial score (nSPS) is 19.6. The van der Waals surface area contributed by atoms with E-state index < -0.39 is 29.4 Å². The Balaban J connectivity index is 1.33. The van der Waals surface area contributed by atoms with Crippen LogP contribution >= 0.6 is 0 Å². The molecule has 4 N–H and O–H groups in total. The lowest BCUT2D eigenvalue weighted by molar-refractivity contribution is -0.140.